The summed E-state index contributed by atoms with van der Waals surface area (Å²) in [7, 11) is 0. The first-order valence-electron chi connectivity index (χ1n) is 12.7. The van der Waals surface area contributed by atoms with Gasteiger partial charge in [0.2, 0.25) is 5.91 Å². The first-order valence-corrected chi connectivity index (χ1v) is 13.2. The molecule has 2 N–H and O–H groups in total. The summed E-state index contributed by atoms with van der Waals surface area (Å²) in [5, 5.41) is 1.08. The van der Waals surface area contributed by atoms with Gasteiger partial charge < -0.3 is 15.0 Å². The molecule has 0 bridgehead atoms. The maximum absolute atomic E-state index is 12.0. The number of nitrogens with two attached hydrogens (primary N) is 1. The van der Waals surface area contributed by atoms with Gasteiger partial charge in [-0.2, -0.15) is 0 Å². The lowest BCUT2D eigenvalue weighted by Gasteiger charge is -2.31. The van der Waals surface area contributed by atoms with Crippen molar-refractivity contribution < 1.29 is 4.79 Å². The van der Waals surface area contributed by atoms with Gasteiger partial charge in [-0.1, -0.05) is 48.5 Å². The number of nitrogens with zero attached hydrogens (tertiary/aromatic N) is 4. The number of likely N-dealkylation sites (tertiary alicyclic amines) is 1. The van der Waals surface area contributed by atoms with Crippen LogP contribution in [0.15, 0.2) is 79.0 Å². The zero-order valence-corrected chi connectivity index (χ0v) is 21.2. The molecule has 0 spiro atoms. The molecular formula is C30H28ClN5O. The summed E-state index contributed by atoms with van der Waals surface area (Å²) in [6.45, 7) is 1.49. The Morgan fingerprint density at radius 3 is 2.51 bits per heavy atom. The van der Waals surface area contributed by atoms with Crippen molar-refractivity contribution in [2.24, 2.45) is 5.92 Å². The molecule has 1 fully saturated rings. The minimum Gasteiger partial charge on any atom is -0.397 e. The third-order valence-electron chi connectivity index (χ3n) is 7.36. The summed E-state index contributed by atoms with van der Waals surface area (Å²) in [5.41, 5.74) is 12.9. The van der Waals surface area contributed by atoms with Gasteiger partial charge in [-0.05, 0) is 43.0 Å². The molecule has 6 nitrogen and oxygen atoms in total. The second-order valence-electron chi connectivity index (χ2n) is 9.69. The van der Waals surface area contributed by atoms with Crippen molar-refractivity contribution in [2.45, 2.75) is 19.3 Å². The third-order valence-corrected chi connectivity index (χ3v) is 7.59. The predicted molar refractivity (Wildman–Crippen MR) is 150 cm³/mol. The van der Waals surface area contributed by atoms with E-state index in [2.05, 4.69) is 46.9 Å². The minimum absolute atomic E-state index is 0.0155. The van der Waals surface area contributed by atoms with Gasteiger partial charge in [0, 0.05) is 42.2 Å². The molecule has 1 amide bonds. The Morgan fingerprint density at radius 2 is 1.73 bits per heavy atom. The number of hydrogen-bond donors (Lipinski definition) is 1. The number of halogens is 1. The van der Waals surface area contributed by atoms with Crippen molar-refractivity contribution in [3.8, 4) is 22.5 Å². The fourth-order valence-electron chi connectivity index (χ4n) is 5.34. The van der Waals surface area contributed by atoms with Crippen LogP contribution in [0.4, 0.5) is 5.69 Å². The second kappa shape index (κ2) is 9.87. The summed E-state index contributed by atoms with van der Waals surface area (Å²) in [5.74, 6) is 1.50. The number of alkyl halides is 1. The van der Waals surface area contributed by atoms with E-state index in [1.165, 1.54) is 0 Å². The number of carbonyl (C=O) groups is 1. The van der Waals surface area contributed by atoms with Gasteiger partial charge >= 0.3 is 0 Å². The minimum atomic E-state index is 0.0155. The molecule has 0 atom stereocenters. The highest BCUT2D eigenvalue weighted by molar-refractivity contribution is 6.27. The average Bonchev–Trinajstić information content (AvgIpc) is 3.32. The summed E-state index contributed by atoms with van der Waals surface area (Å²) < 4.78 is 2.12. The van der Waals surface area contributed by atoms with Gasteiger partial charge in [-0.25, -0.2) is 9.97 Å². The SMILES string of the molecule is Nc1cccn2c(CC3CCN(C(=O)CCl)CC3)nc(-c3ccc4ccc(-c5ccccc5)nc4c3)c12. The van der Waals surface area contributed by atoms with E-state index in [1.54, 1.807) is 0 Å². The standard InChI is InChI=1S/C30H28ClN5O/c31-19-28(37)35-15-12-20(13-16-35)17-27-34-29(30-24(32)7-4-14-36(27)30)23-9-8-22-10-11-25(33-26(22)18-23)21-5-2-1-3-6-21/h1-11,14,18,20H,12-13,15-17,19,32H2. The van der Waals surface area contributed by atoms with Crippen molar-refractivity contribution >= 4 is 39.6 Å². The first-order chi connectivity index (χ1) is 18.1. The number of amides is 1. The normalized spacial score (nSPS) is 14.5. The predicted octanol–water partition coefficient (Wildman–Crippen LogP) is 5.82. The zero-order valence-electron chi connectivity index (χ0n) is 20.5. The molecule has 1 aliphatic rings. The summed E-state index contributed by atoms with van der Waals surface area (Å²) in [4.78, 5) is 23.9. The number of fused-ring (bicyclic) bond motifs is 2. The molecule has 0 aliphatic carbocycles. The number of anilines is 1. The molecule has 5 aromatic rings. The lowest BCUT2D eigenvalue weighted by atomic mass is 9.93. The summed E-state index contributed by atoms with van der Waals surface area (Å²) in [6.07, 6.45) is 4.75. The third kappa shape index (κ3) is 4.53. The molecule has 0 radical (unpaired) electrons. The highest BCUT2D eigenvalue weighted by atomic mass is 35.5. The van der Waals surface area contributed by atoms with E-state index in [9.17, 15) is 4.79 Å². The Balaban J connectivity index is 1.36. The number of rotatable bonds is 5. The fraction of sp³-hybridized carbons (Fsp3) is 0.233. The van der Waals surface area contributed by atoms with Gasteiger partial charge in [-0.15, -0.1) is 11.6 Å². The maximum atomic E-state index is 12.0. The number of piperidine rings is 1. The van der Waals surface area contributed by atoms with Crippen LogP contribution >= 0.6 is 11.6 Å². The Labute approximate surface area is 220 Å². The van der Waals surface area contributed by atoms with Gasteiger partial charge in [0.25, 0.3) is 0 Å². The van der Waals surface area contributed by atoms with Crippen LogP contribution < -0.4 is 5.73 Å². The van der Waals surface area contributed by atoms with E-state index in [-0.39, 0.29) is 11.8 Å². The van der Waals surface area contributed by atoms with Crippen molar-refractivity contribution in [2.75, 3.05) is 24.7 Å². The number of hydrogen-bond acceptors (Lipinski definition) is 4. The highest BCUT2D eigenvalue weighted by Crippen LogP contribution is 2.33. The molecular weight excluding hydrogens is 482 g/mol. The molecule has 2 aromatic carbocycles. The van der Waals surface area contributed by atoms with Gasteiger partial charge in [-0.3, -0.25) is 4.79 Å². The quantitative estimate of drug-likeness (QED) is 0.303. The van der Waals surface area contributed by atoms with Crippen LogP contribution in [0.2, 0.25) is 0 Å². The van der Waals surface area contributed by atoms with Crippen molar-refractivity contribution in [3.05, 3.63) is 84.8 Å². The molecule has 0 unspecified atom stereocenters. The van der Waals surface area contributed by atoms with E-state index in [0.29, 0.717) is 11.6 Å². The topological polar surface area (TPSA) is 76.5 Å². The first kappa shape index (κ1) is 23.5. The number of carbonyl (C=O) groups excluding carboxylic acids is 1. The number of nitrogen functional groups attached to an aromatic ring is 1. The zero-order chi connectivity index (χ0) is 25.4. The Kier molecular flexibility index (Phi) is 6.26. The molecule has 0 saturated carbocycles. The van der Waals surface area contributed by atoms with Crippen LogP contribution in [-0.4, -0.2) is 44.1 Å². The van der Waals surface area contributed by atoms with E-state index in [0.717, 1.165) is 77.1 Å². The molecule has 1 saturated heterocycles. The van der Waals surface area contributed by atoms with Gasteiger partial charge in [0.1, 0.15) is 11.7 Å². The number of benzene rings is 2. The Bertz CT molecular complexity index is 1590. The van der Waals surface area contributed by atoms with Crippen LogP contribution in [-0.2, 0) is 11.2 Å². The van der Waals surface area contributed by atoms with Crippen LogP contribution in [0.3, 0.4) is 0 Å². The molecule has 7 heteroatoms. The van der Waals surface area contributed by atoms with E-state index in [1.807, 2.05) is 41.4 Å². The van der Waals surface area contributed by atoms with Gasteiger partial charge in [0.05, 0.1) is 28.1 Å². The fourth-order valence-corrected chi connectivity index (χ4v) is 5.50. The average molecular weight is 510 g/mol. The smallest absolute Gasteiger partial charge is 0.237 e. The van der Waals surface area contributed by atoms with Crippen LogP contribution in [0, 0.1) is 5.92 Å². The highest BCUT2D eigenvalue weighted by Gasteiger charge is 2.25. The molecule has 4 heterocycles. The lowest BCUT2D eigenvalue weighted by molar-refractivity contribution is -0.129. The van der Waals surface area contributed by atoms with Gasteiger partial charge in [0.15, 0.2) is 0 Å². The number of pyridine rings is 2. The monoisotopic (exact) mass is 509 g/mol. The second-order valence-corrected chi connectivity index (χ2v) is 9.96. The van der Waals surface area contributed by atoms with E-state index < -0.39 is 0 Å². The largest absolute Gasteiger partial charge is 0.397 e. The van der Waals surface area contributed by atoms with Crippen molar-refractivity contribution in [3.63, 3.8) is 0 Å². The number of aromatic nitrogens is 3. The maximum Gasteiger partial charge on any atom is 0.237 e. The molecule has 6 rings (SSSR count). The Hall–Kier alpha value is -3.90. The van der Waals surface area contributed by atoms with Crippen LogP contribution in [0.1, 0.15) is 18.7 Å². The molecule has 3 aromatic heterocycles. The van der Waals surface area contributed by atoms with Crippen LogP contribution in [0.25, 0.3) is 38.9 Å². The molecule has 37 heavy (non-hydrogen) atoms. The number of imidazole rings is 1. The van der Waals surface area contributed by atoms with E-state index in [4.69, 9.17) is 27.3 Å². The van der Waals surface area contributed by atoms with Crippen LogP contribution in [0.5, 0.6) is 0 Å². The molecule has 1 aliphatic heterocycles. The lowest BCUT2D eigenvalue weighted by Crippen LogP contribution is -2.39. The van der Waals surface area contributed by atoms with E-state index >= 15 is 0 Å². The van der Waals surface area contributed by atoms with Crippen molar-refractivity contribution in [1.29, 1.82) is 0 Å². The van der Waals surface area contributed by atoms with Crippen molar-refractivity contribution in [1.82, 2.24) is 19.3 Å². The summed E-state index contributed by atoms with van der Waals surface area (Å²) in [6, 6.07) is 24.6. The Morgan fingerprint density at radius 1 is 0.946 bits per heavy atom. The molecule has 186 valence electrons. The summed E-state index contributed by atoms with van der Waals surface area (Å²) >= 11 is 5.75.